The van der Waals surface area contributed by atoms with E-state index in [0.29, 0.717) is 18.9 Å². The normalized spacial score (nSPS) is 23.8. The fourth-order valence-corrected chi connectivity index (χ4v) is 2.24. The summed E-state index contributed by atoms with van der Waals surface area (Å²) in [6.07, 6.45) is 1.60. The third kappa shape index (κ3) is 3.78. The number of carbonyl (C=O) groups is 1. The Kier molecular flexibility index (Phi) is 3.68. The predicted octanol–water partition coefficient (Wildman–Crippen LogP) is 2.04. The van der Waals surface area contributed by atoms with E-state index in [1.165, 1.54) is 0 Å². The van der Waals surface area contributed by atoms with Gasteiger partial charge in [-0.05, 0) is 31.6 Å². The molecule has 1 rings (SSSR count). The van der Waals surface area contributed by atoms with Crippen LogP contribution in [-0.2, 0) is 4.79 Å². The molecule has 3 heteroatoms. The van der Waals surface area contributed by atoms with Gasteiger partial charge in [-0.2, -0.15) is 0 Å². The molecule has 94 valence electrons. The standard InChI is InChI=1S/C13H25NO2/c1-12(2,3)10-6-7-11(15)14(8-10)9-13(4,5)16/h10,16H,6-9H2,1-5H3. The number of hydrogen-bond acceptors (Lipinski definition) is 2. The molecule has 0 aromatic carbocycles. The Bertz CT molecular complexity index is 260. The number of nitrogens with zero attached hydrogens (tertiary/aromatic N) is 1. The highest BCUT2D eigenvalue weighted by molar-refractivity contribution is 5.77. The number of rotatable bonds is 2. The zero-order chi connectivity index (χ0) is 12.6. The first-order chi connectivity index (χ1) is 7.09. The maximum atomic E-state index is 11.8. The number of hydrogen-bond donors (Lipinski definition) is 1. The summed E-state index contributed by atoms with van der Waals surface area (Å²) in [6, 6.07) is 0. The van der Waals surface area contributed by atoms with Crippen molar-refractivity contribution >= 4 is 5.91 Å². The topological polar surface area (TPSA) is 40.5 Å². The smallest absolute Gasteiger partial charge is 0.222 e. The van der Waals surface area contributed by atoms with Crippen molar-refractivity contribution in [2.45, 2.75) is 53.1 Å². The number of likely N-dealkylation sites (tertiary alicyclic amines) is 1. The Labute approximate surface area is 98.8 Å². The zero-order valence-electron chi connectivity index (χ0n) is 11.2. The lowest BCUT2D eigenvalue weighted by molar-refractivity contribution is -0.139. The van der Waals surface area contributed by atoms with Crippen molar-refractivity contribution in [3.63, 3.8) is 0 Å². The molecule has 0 bridgehead atoms. The summed E-state index contributed by atoms with van der Waals surface area (Å²) < 4.78 is 0. The van der Waals surface area contributed by atoms with Crippen LogP contribution in [0.5, 0.6) is 0 Å². The van der Waals surface area contributed by atoms with Crippen LogP contribution in [0.15, 0.2) is 0 Å². The number of carbonyl (C=O) groups excluding carboxylic acids is 1. The van der Waals surface area contributed by atoms with Crippen LogP contribution in [-0.4, -0.2) is 34.6 Å². The van der Waals surface area contributed by atoms with Crippen molar-refractivity contribution in [1.82, 2.24) is 4.90 Å². The van der Waals surface area contributed by atoms with Crippen LogP contribution in [0.2, 0.25) is 0 Å². The summed E-state index contributed by atoms with van der Waals surface area (Å²) in [6.45, 7) is 11.4. The van der Waals surface area contributed by atoms with Gasteiger partial charge in [0.25, 0.3) is 0 Å². The summed E-state index contributed by atoms with van der Waals surface area (Å²) in [5, 5.41) is 9.78. The highest BCUT2D eigenvalue weighted by atomic mass is 16.3. The second-order valence-electron chi connectivity index (χ2n) is 6.69. The molecule has 1 fully saturated rings. The lowest BCUT2D eigenvalue weighted by Gasteiger charge is -2.41. The molecular formula is C13H25NO2. The van der Waals surface area contributed by atoms with E-state index in [1.807, 2.05) is 4.90 Å². The molecule has 0 aliphatic carbocycles. The molecule has 0 aromatic heterocycles. The summed E-state index contributed by atoms with van der Waals surface area (Å²) in [5.74, 6) is 0.718. The van der Waals surface area contributed by atoms with Crippen LogP contribution < -0.4 is 0 Å². The third-order valence-electron chi connectivity index (χ3n) is 3.30. The summed E-state index contributed by atoms with van der Waals surface area (Å²) in [4.78, 5) is 13.6. The summed E-state index contributed by atoms with van der Waals surface area (Å²) in [5.41, 5.74) is -0.562. The van der Waals surface area contributed by atoms with E-state index in [9.17, 15) is 9.90 Å². The Hall–Kier alpha value is -0.570. The van der Waals surface area contributed by atoms with E-state index < -0.39 is 5.60 Å². The molecule has 16 heavy (non-hydrogen) atoms. The minimum Gasteiger partial charge on any atom is -0.389 e. The summed E-state index contributed by atoms with van der Waals surface area (Å²) >= 11 is 0. The van der Waals surface area contributed by atoms with Crippen LogP contribution in [0.25, 0.3) is 0 Å². The molecule has 0 radical (unpaired) electrons. The van der Waals surface area contributed by atoms with E-state index in [2.05, 4.69) is 20.8 Å². The first-order valence-corrected chi connectivity index (χ1v) is 6.10. The fourth-order valence-electron chi connectivity index (χ4n) is 2.24. The Morgan fingerprint density at radius 2 is 1.88 bits per heavy atom. The van der Waals surface area contributed by atoms with E-state index in [0.717, 1.165) is 13.0 Å². The molecule has 0 aromatic rings. The maximum Gasteiger partial charge on any atom is 0.222 e. The van der Waals surface area contributed by atoms with Crippen molar-refractivity contribution in [3.8, 4) is 0 Å². The molecule has 1 saturated heterocycles. The maximum absolute atomic E-state index is 11.8. The minimum atomic E-state index is -0.796. The number of amides is 1. The average Bonchev–Trinajstić information content (AvgIpc) is 2.04. The molecule has 1 unspecified atom stereocenters. The van der Waals surface area contributed by atoms with Gasteiger partial charge in [-0.25, -0.2) is 0 Å². The van der Waals surface area contributed by atoms with Gasteiger partial charge < -0.3 is 10.0 Å². The van der Waals surface area contributed by atoms with Crippen LogP contribution in [0.4, 0.5) is 0 Å². The SMILES string of the molecule is CC(C)(O)CN1CC(C(C)(C)C)CCC1=O. The Morgan fingerprint density at radius 1 is 1.31 bits per heavy atom. The fraction of sp³-hybridized carbons (Fsp3) is 0.923. The van der Waals surface area contributed by atoms with Crippen LogP contribution >= 0.6 is 0 Å². The lowest BCUT2D eigenvalue weighted by Crippen LogP contribution is -2.49. The number of β-amino-alcohol motifs (C(OH)–C–C–N with tert-alkyl or cyclic N) is 1. The van der Waals surface area contributed by atoms with E-state index in [1.54, 1.807) is 13.8 Å². The first kappa shape index (κ1) is 13.5. The molecule has 1 atom stereocenters. The Morgan fingerprint density at radius 3 is 2.31 bits per heavy atom. The van der Waals surface area contributed by atoms with Crippen molar-refractivity contribution in [3.05, 3.63) is 0 Å². The molecule has 1 heterocycles. The highest BCUT2D eigenvalue weighted by Crippen LogP contribution is 2.33. The lowest BCUT2D eigenvalue weighted by atomic mass is 9.76. The molecular weight excluding hydrogens is 202 g/mol. The average molecular weight is 227 g/mol. The third-order valence-corrected chi connectivity index (χ3v) is 3.30. The molecule has 1 N–H and O–H groups in total. The van der Waals surface area contributed by atoms with Crippen LogP contribution in [0, 0.1) is 11.3 Å². The predicted molar refractivity (Wildman–Crippen MR) is 65.1 cm³/mol. The minimum absolute atomic E-state index is 0.183. The molecule has 1 aliphatic rings. The van der Waals surface area contributed by atoms with Crippen LogP contribution in [0.3, 0.4) is 0 Å². The van der Waals surface area contributed by atoms with E-state index >= 15 is 0 Å². The highest BCUT2D eigenvalue weighted by Gasteiger charge is 2.34. The van der Waals surface area contributed by atoms with Gasteiger partial charge in [-0.1, -0.05) is 20.8 Å². The summed E-state index contributed by atoms with van der Waals surface area (Å²) in [7, 11) is 0. The van der Waals surface area contributed by atoms with Gasteiger partial charge in [0.2, 0.25) is 5.91 Å². The molecule has 1 aliphatic heterocycles. The monoisotopic (exact) mass is 227 g/mol. The Balaban J connectivity index is 2.66. The first-order valence-electron chi connectivity index (χ1n) is 6.10. The molecule has 3 nitrogen and oxygen atoms in total. The van der Waals surface area contributed by atoms with E-state index in [4.69, 9.17) is 0 Å². The van der Waals surface area contributed by atoms with Crippen molar-refractivity contribution < 1.29 is 9.90 Å². The quantitative estimate of drug-likeness (QED) is 0.784. The van der Waals surface area contributed by atoms with Gasteiger partial charge in [-0.15, -0.1) is 0 Å². The second kappa shape index (κ2) is 4.36. The van der Waals surface area contributed by atoms with Gasteiger partial charge >= 0.3 is 0 Å². The van der Waals surface area contributed by atoms with Crippen molar-refractivity contribution in [1.29, 1.82) is 0 Å². The second-order valence-corrected chi connectivity index (χ2v) is 6.69. The molecule has 1 amide bonds. The largest absolute Gasteiger partial charge is 0.389 e. The van der Waals surface area contributed by atoms with Gasteiger partial charge in [0.15, 0.2) is 0 Å². The van der Waals surface area contributed by atoms with Crippen molar-refractivity contribution in [2.75, 3.05) is 13.1 Å². The van der Waals surface area contributed by atoms with Crippen molar-refractivity contribution in [2.24, 2.45) is 11.3 Å². The van der Waals surface area contributed by atoms with Gasteiger partial charge in [0.05, 0.1) is 5.60 Å². The van der Waals surface area contributed by atoms with Gasteiger partial charge in [-0.3, -0.25) is 4.79 Å². The van der Waals surface area contributed by atoms with E-state index in [-0.39, 0.29) is 11.3 Å². The van der Waals surface area contributed by atoms with Gasteiger partial charge in [0.1, 0.15) is 0 Å². The van der Waals surface area contributed by atoms with Crippen LogP contribution in [0.1, 0.15) is 47.5 Å². The number of piperidine rings is 1. The molecule has 0 spiro atoms. The van der Waals surface area contributed by atoms with Gasteiger partial charge in [0, 0.05) is 19.5 Å². The number of aliphatic hydroxyl groups is 1. The molecule has 0 saturated carbocycles. The zero-order valence-corrected chi connectivity index (χ0v) is 11.2.